The minimum Gasteiger partial charge on any atom is -0.495 e. The number of pyridine rings is 1. The van der Waals surface area contributed by atoms with Crippen LogP contribution >= 0.6 is 23.2 Å². The zero-order chi connectivity index (χ0) is 21.4. The summed E-state index contributed by atoms with van der Waals surface area (Å²) in [5.74, 6) is 0.775. The second-order valence-electron chi connectivity index (χ2n) is 6.91. The maximum atomic E-state index is 13.2. The van der Waals surface area contributed by atoms with E-state index in [1.165, 1.54) is 11.7 Å². The molecule has 0 N–H and O–H groups in total. The lowest BCUT2D eigenvalue weighted by Gasteiger charge is -2.20. The Kier molecular flexibility index (Phi) is 5.54. The third kappa shape index (κ3) is 3.36. The Morgan fingerprint density at radius 1 is 1.07 bits per heavy atom. The quantitative estimate of drug-likeness (QED) is 0.416. The number of unbranched alkanes of at least 4 members (excludes halogenated alkanes) is 1. The Bertz CT molecular complexity index is 1340. The molecule has 2 heterocycles. The van der Waals surface area contributed by atoms with E-state index in [4.69, 9.17) is 27.9 Å². The van der Waals surface area contributed by atoms with Crippen LogP contribution < -0.4 is 16.0 Å². The van der Waals surface area contributed by atoms with Crippen molar-refractivity contribution >= 4 is 34.1 Å². The minimum absolute atomic E-state index is 0.258. The summed E-state index contributed by atoms with van der Waals surface area (Å²) >= 11 is 12.8. The first-order valence-electron chi connectivity index (χ1n) is 9.55. The Morgan fingerprint density at radius 2 is 1.87 bits per heavy atom. The van der Waals surface area contributed by atoms with Crippen molar-refractivity contribution in [1.29, 1.82) is 0 Å². The normalized spacial score (nSPS) is 11.3. The van der Waals surface area contributed by atoms with Crippen molar-refractivity contribution in [3.05, 3.63) is 73.3 Å². The molecule has 0 atom stereocenters. The fourth-order valence-corrected chi connectivity index (χ4v) is 4.00. The third-order valence-corrected chi connectivity index (χ3v) is 5.67. The number of fused-ring (bicyclic) bond motifs is 2. The molecule has 2 aliphatic rings. The predicted octanol–water partition coefficient (Wildman–Crippen LogP) is 4.77. The Hall–Kier alpha value is -2.83. The monoisotopic (exact) mass is 443 g/mol. The molecule has 6 nitrogen and oxygen atoms in total. The number of ether oxygens (including phenoxy) is 1. The van der Waals surface area contributed by atoms with Crippen molar-refractivity contribution in [2.45, 2.75) is 26.3 Å². The van der Waals surface area contributed by atoms with Gasteiger partial charge in [0.1, 0.15) is 5.75 Å². The summed E-state index contributed by atoms with van der Waals surface area (Å²) in [5.41, 5.74) is 0.702. The van der Waals surface area contributed by atoms with Crippen LogP contribution in [0, 0.1) is 0 Å². The topological polar surface area (TPSA) is 66.1 Å². The van der Waals surface area contributed by atoms with Crippen molar-refractivity contribution < 1.29 is 4.74 Å². The molecule has 2 aromatic carbocycles. The molecule has 8 heteroatoms. The van der Waals surface area contributed by atoms with E-state index in [0.29, 0.717) is 50.9 Å². The lowest BCUT2D eigenvalue weighted by Crippen LogP contribution is -2.38. The molecule has 0 saturated heterocycles. The van der Waals surface area contributed by atoms with Gasteiger partial charge in [-0.2, -0.15) is 4.98 Å². The molecule has 0 saturated carbocycles. The first kappa shape index (κ1) is 20.4. The highest BCUT2D eigenvalue weighted by molar-refractivity contribution is 6.35. The summed E-state index contributed by atoms with van der Waals surface area (Å²) in [5, 5.41) is 1.57. The fourth-order valence-electron chi connectivity index (χ4n) is 3.53. The van der Waals surface area contributed by atoms with Gasteiger partial charge in [-0.25, -0.2) is 4.79 Å². The van der Waals surface area contributed by atoms with E-state index >= 15 is 0 Å². The van der Waals surface area contributed by atoms with Crippen molar-refractivity contribution in [2.24, 2.45) is 0 Å². The van der Waals surface area contributed by atoms with Crippen LogP contribution in [0.1, 0.15) is 19.8 Å². The van der Waals surface area contributed by atoms with E-state index < -0.39 is 5.69 Å². The summed E-state index contributed by atoms with van der Waals surface area (Å²) in [6, 6.07) is 12.3. The van der Waals surface area contributed by atoms with Gasteiger partial charge in [-0.1, -0.05) is 42.6 Å². The molecule has 0 bridgehead atoms. The molecule has 30 heavy (non-hydrogen) atoms. The fraction of sp³-hybridized carbons (Fsp3) is 0.227. The Morgan fingerprint density at radius 3 is 2.57 bits per heavy atom. The first-order valence-corrected chi connectivity index (χ1v) is 10.3. The van der Waals surface area contributed by atoms with Crippen LogP contribution in [0.5, 0.6) is 5.75 Å². The SMILES string of the molecule is CCCCn1c(=O)nc2n(-c3ccc(OC)c(Cl)c3)c3cccc(Cl)c3cc-2c1=O. The number of benzene rings is 2. The molecule has 0 radical (unpaired) electrons. The largest absolute Gasteiger partial charge is 0.495 e. The van der Waals surface area contributed by atoms with Gasteiger partial charge in [0.25, 0.3) is 5.56 Å². The third-order valence-electron chi connectivity index (χ3n) is 5.05. The molecule has 2 aliphatic heterocycles. The maximum absolute atomic E-state index is 13.2. The molecule has 154 valence electrons. The molecular weight excluding hydrogens is 425 g/mol. The number of halogens is 2. The predicted molar refractivity (Wildman–Crippen MR) is 120 cm³/mol. The van der Waals surface area contributed by atoms with E-state index in [0.717, 1.165) is 6.42 Å². The van der Waals surface area contributed by atoms with E-state index in [9.17, 15) is 9.59 Å². The minimum atomic E-state index is -0.573. The van der Waals surface area contributed by atoms with E-state index in [1.807, 2.05) is 13.0 Å². The van der Waals surface area contributed by atoms with E-state index in [2.05, 4.69) is 4.98 Å². The summed E-state index contributed by atoms with van der Waals surface area (Å²) < 4.78 is 8.15. The van der Waals surface area contributed by atoms with Crippen LogP contribution in [0.2, 0.25) is 10.0 Å². The number of rotatable bonds is 5. The molecular formula is C22H19Cl2N3O3. The molecule has 0 amide bonds. The smallest absolute Gasteiger partial charge is 0.352 e. The molecule has 0 unspecified atom stereocenters. The summed E-state index contributed by atoms with van der Waals surface area (Å²) in [6.45, 7) is 2.32. The number of nitrogens with zero attached hydrogens (tertiary/aromatic N) is 3. The molecule has 0 fully saturated rings. The first-order chi connectivity index (χ1) is 14.5. The van der Waals surface area contributed by atoms with Crippen LogP contribution in [-0.4, -0.2) is 21.2 Å². The van der Waals surface area contributed by atoms with Gasteiger partial charge in [0.2, 0.25) is 0 Å². The van der Waals surface area contributed by atoms with Gasteiger partial charge in [-0.05, 0) is 42.8 Å². The van der Waals surface area contributed by atoms with Crippen LogP contribution in [0.4, 0.5) is 0 Å². The van der Waals surface area contributed by atoms with Crippen molar-refractivity contribution in [2.75, 3.05) is 7.11 Å². The van der Waals surface area contributed by atoms with Gasteiger partial charge < -0.3 is 4.74 Å². The molecule has 0 spiro atoms. The Balaban J connectivity index is 2.14. The van der Waals surface area contributed by atoms with Crippen LogP contribution in [0.25, 0.3) is 28.0 Å². The van der Waals surface area contributed by atoms with Gasteiger partial charge in [0.05, 0.1) is 23.2 Å². The summed E-state index contributed by atoms with van der Waals surface area (Å²) in [6.07, 6.45) is 1.57. The Labute approximate surface area is 182 Å². The zero-order valence-corrected chi connectivity index (χ0v) is 18.0. The number of hydrogen-bond acceptors (Lipinski definition) is 4. The van der Waals surface area contributed by atoms with E-state index in [1.54, 1.807) is 41.0 Å². The number of methoxy groups -OCH3 is 1. The molecule has 4 rings (SSSR count). The van der Waals surface area contributed by atoms with E-state index in [-0.39, 0.29) is 11.4 Å². The van der Waals surface area contributed by atoms with Gasteiger partial charge in [-0.15, -0.1) is 0 Å². The van der Waals surface area contributed by atoms with Crippen LogP contribution in [-0.2, 0) is 6.54 Å². The average molecular weight is 444 g/mol. The number of hydrogen-bond donors (Lipinski definition) is 0. The second kappa shape index (κ2) is 8.13. The van der Waals surface area contributed by atoms with Crippen molar-refractivity contribution in [3.63, 3.8) is 0 Å². The molecule has 0 aromatic heterocycles. The van der Waals surface area contributed by atoms with Gasteiger partial charge in [-0.3, -0.25) is 13.9 Å². The second-order valence-corrected chi connectivity index (χ2v) is 7.73. The van der Waals surface area contributed by atoms with Crippen LogP contribution in [0.3, 0.4) is 0 Å². The highest BCUT2D eigenvalue weighted by Gasteiger charge is 2.22. The molecule has 0 aliphatic carbocycles. The summed E-state index contributed by atoms with van der Waals surface area (Å²) in [7, 11) is 1.53. The highest BCUT2D eigenvalue weighted by Crippen LogP contribution is 2.34. The maximum Gasteiger partial charge on any atom is 0.352 e. The van der Waals surface area contributed by atoms with Crippen molar-refractivity contribution in [1.82, 2.24) is 14.1 Å². The van der Waals surface area contributed by atoms with Crippen molar-refractivity contribution in [3.8, 4) is 22.8 Å². The van der Waals surface area contributed by atoms with Gasteiger partial charge >= 0.3 is 5.69 Å². The zero-order valence-electron chi connectivity index (χ0n) is 16.5. The lowest BCUT2D eigenvalue weighted by atomic mass is 10.1. The summed E-state index contributed by atoms with van der Waals surface area (Å²) in [4.78, 5) is 30.1. The highest BCUT2D eigenvalue weighted by atomic mass is 35.5. The molecule has 2 aromatic rings. The average Bonchev–Trinajstić information content (AvgIpc) is 2.73. The van der Waals surface area contributed by atoms with Gasteiger partial charge in [0.15, 0.2) is 5.82 Å². The lowest BCUT2D eigenvalue weighted by molar-refractivity contribution is 0.415. The number of aromatic nitrogens is 3. The van der Waals surface area contributed by atoms with Crippen LogP contribution in [0.15, 0.2) is 52.1 Å². The standard InChI is InChI=1S/C22H19Cl2N3O3/c1-3-4-10-26-21(28)15-12-14-16(23)6-5-7-18(14)27(20(15)25-22(26)29)13-8-9-19(30-2)17(24)11-13/h5-9,11-12H,3-4,10H2,1-2H3. The van der Waals surface area contributed by atoms with Gasteiger partial charge in [0, 0.05) is 22.6 Å².